The monoisotopic (exact) mass is 293 g/mol. The lowest BCUT2D eigenvalue weighted by molar-refractivity contribution is 0.272. The number of piperazine rings is 1. The van der Waals surface area contributed by atoms with Gasteiger partial charge >= 0.3 is 0 Å². The van der Waals surface area contributed by atoms with Gasteiger partial charge in [0.1, 0.15) is 0 Å². The van der Waals surface area contributed by atoms with Gasteiger partial charge in [0.25, 0.3) is 0 Å². The zero-order chi connectivity index (χ0) is 15.4. The first kappa shape index (κ1) is 14.6. The van der Waals surface area contributed by atoms with Crippen molar-refractivity contribution in [2.24, 2.45) is 5.10 Å². The van der Waals surface area contributed by atoms with E-state index < -0.39 is 0 Å². The quantitative estimate of drug-likeness (QED) is 0.807. The van der Waals surface area contributed by atoms with Crippen LogP contribution in [-0.4, -0.2) is 37.4 Å². The molecule has 0 aromatic heterocycles. The molecule has 0 spiro atoms. The van der Waals surface area contributed by atoms with E-state index >= 15 is 0 Å². The maximum absolute atomic E-state index is 4.61. The maximum atomic E-state index is 4.61. The number of benzene rings is 2. The number of rotatable bonds is 3. The summed E-state index contributed by atoms with van der Waals surface area (Å²) < 4.78 is 0. The minimum Gasteiger partial charge on any atom is -0.368 e. The van der Waals surface area contributed by atoms with Gasteiger partial charge in [0.2, 0.25) is 0 Å². The number of hydrogen-bond acceptors (Lipinski definition) is 3. The fourth-order valence-electron chi connectivity index (χ4n) is 2.63. The summed E-state index contributed by atoms with van der Waals surface area (Å²) in [4.78, 5) is 2.43. The number of aryl methyl sites for hydroxylation is 2. The van der Waals surface area contributed by atoms with E-state index in [0.717, 1.165) is 31.7 Å². The molecule has 0 unspecified atom stereocenters. The average molecular weight is 293 g/mol. The van der Waals surface area contributed by atoms with Crippen LogP contribution in [0.3, 0.4) is 0 Å². The van der Waals surface area contributed by atoms with Crippen molar-refractivity contribution in [2.45, 2.75) is 13.8 Å². The minimum absolute atomic E-state index is 0.968. The summed E-state index contributed by atoms with van der Waals surface area (Å²) in [5.41, 5.74) is 5.06. The largest absolute Gasteiger partial charge is 0.368 e. The molecule has 0 amide bonds. The smallest absolute Gasteiger partial charge is 0.0542 e. The van der Waals surface area contributed by atoms with Crippen molar-refractivity contribution in [2.75, 3.05) is 31.1 Å². The van der Waals surface area contributed by atoms with Gasteiger partial charge < -0.3 is 4.90 Å². The van der Waals surface area contributed by atoms with Gasteiger partial charge in [-0.05, 0) is 31.5 Å². The lowest BCUT2D eigenvalue weighted by Gasteiger charge is -2.34. The number of hydrazone groups is 1. The second-order valence-electron chi connectivity index (χ2n) is 5.93. The van der Waals surface area contributed by atoms with Crippen LogP contribution in [0.2, 0.25) is 0 Å². The van der Waals surface area contributed by atoms with Crippen LogP contribution >= 0.6 is 0 Å². The fourth-order valence-corrected chi connectivity index (χ4v) is 2.63. The van der Waals surface area contributed by atoms with Gasteiger partial charge in [-0.15, -0.1) is 0 Å². The maximum Gasteiger partial charge on any atom is 0.0542 e. The Bertz CT molecular complexity index is 621. The molecule has 1 saturated heterocycles. The van der Waals surface area contributed by atoms with E-state index in [2.05, 4.69) is 77.4 Å². The highest BCUT2D eigenvalue weighted by molar-refractivity contribution is 5.79. The molecular formula is C19H23N3. The Morgan fingerprint density at radius 3 is 1.91 bits per heavy atom. The summed E-state index contributed by atoms with van der Waals surface area (Å²) in [6.45, 7) is 8.21. The van der Waals surface area contributed by atoms with E-state index in [1.807, 2.05) is 6.21 Å². The molecule has 1 aliphatic rings. The van der Waals surface area contributed by atoms with Gasteiger partial charge in [-0.2, -0.15) is 5.10 Å². The first-order valence-corrected chi connectivity index (χ1v) is 7.88. The minimum atomic E-state index is 0.968. The van der Waals surface area contributed by atoms with Crippen LogP contribution in [0.25, 0.3) is 0 Å². The zero-order valence-electron chi connectivity index (χ0n) is 13.4. The number of nitrogens with zero attached hydrogens (tertiary/aromatic N) is 3. The van der Waals surface area contributed by atoms with Crippen LogP contribution in [0, 0.1) is 13.8 Å². The molecule has 2 aromatic rings. The van der Waals surface area contributed by atoms with E-state index in [9.17, 15) is 0 Å². The summed E-state index contributed by atoms with van der Waals surface area (Å²) in [5, 5.41) is 6.76. The molecule has 2 aromatic carbocycles. The first-order valence-electron chi connectivity index (χ1n) is 7.88. The highest BCUT2D eigenvalue weighted by Gasteiger charge is 2.15. The number of hydrogen-bond donors (Lipinski definition) is 0. The Balaban J connectivity index is 1.55. The van der Waals surface area contributed by atoms with Gasteiger partial charge in [0.15, 0.2) is 0 Å². The molecule has 0 radical (unpaired) electrons. The molecule has 0 saturated carbocycles. The predicted molar refractivity (Wildman–Crippen MR) is 93.7 cm³/mol. The third-order valence-electron chi connectivity index (χ3n) is 4.10. The molecule has 3 rings (SSSR count). The Morgan fingerprint density at radius 2 is 1.32 bits per heavy atom. The molecule has 0 aliphatic carbocycles. The highest BCUT2D eigenvalue weighted by atomic mass is 15.5. The molecule has 3 heteroatoms. The molecular weight excluding hydrogens is 270 g/mol. The predicted octanol–water partition coefficient (Wildman–Crippen LogP) is 3.46. The lowest BCUT2D eigenvalue weighted by Crippen LogP contribution is -2.44. The van der Waals surface area contributed by atoms with Crippen LogP contribution in [0.15, 0.2) is 53.6 Å². The lowest BCUT2D eigenvalue weighted by atomic mass is 10.2. The molecule has 3 nitrogen and oxygen atoms in total. The second kappa shape index (κ2) is 6.65. The van der Waals surface area contributed by atoms with E-state index in [1.54, 1.807) is 0 Å². The first-order chi connectivity index (χ1) is 10.7. The van der Waals surface area contributed by atoms with Gasteiger partial charge in [-0.1, -0.05) is 47.5 Å². The Kier molecular flexibility index (Phi) is 4.42. The summed E-state index contributed by atoms with van der Waals surface area (Å²) in [6.07, 6.45) is 1.96. The normalized spacial score (nSPS) is 15.5. The summed E-state index contributed by atoms with van der Waals surface area (Å²) in [6, 6.07) is 17.2. The van der Waals surface area contributed by atoms with Crippen LogP contribution < -0.4 is 4.90 Å². The summed E-state index contributed by atoms with van der Waals surface area (Å²) >= 11 is 0. The topological polar surface area (TPSA) is 18.8 Å². The molecule has 22 heavy (non-hydrogen) atoms. The fraction of sp³-hybridized carbons (Fsp3) is 0.316. The van der Waals surface area contributed by atoms with Crippen molar-refractivity contribution >= 4 is 11.9 Å². The van der Waals surface area contributed by atoms with Crippen LogP contribution in [0.5, 0.6) is 0 Å². The molecule has 0 N–H and O–H groups in total. The van der Waals surface area contributed by atoms with Crippen molar-refractivity contribution in [3.05, 3.63) is 65.2 Å². The van der Waals surface area contributed by atoms with Crippen molar-refractivity contribution < 1.29 is 0 Å². The van der Waals surface area contributed by atoms with Crippen LogP contribution in [-0.2, 0) is 0 Å². The Morgan fingerprint density at radius 1 is 0.773 bits per heavy atom. The van der Waals surface area contributed by atoms with Crippen molar-refractivity contribution in [1.82, 2.24) is 5.01 Å². The van der Waals surface area contributed by atoms with Crippen LogP contribution in [0.4, 0.5) is 5.69 Å². The van der Waals surface area contributed by atoms with Crippen molar-refractivity contribution in [3.63, 3.8) is 0 Å². The summed E-state index contributed by atoms with van der Waals surface area (Å²) in [7, 11) is 0. The Labute approximate surface area is 132 Å². The molecule has 1 heterocycles. The molecule has 114 valence electrons. The molecule has 1 aliphatic heterocycles. The third kappa shape index (κ3) is 3.67. The van der Waals surface area contributed by atoms with Gasteiger partial charge in [-0.25, -0.2) is 0 Å². The highest BCUT2D eigenvalue weighted by Crippen LogP contribution is 2.17. The van der Waals surface area contributed by atoms with Crippen LogP contribution in [0.1, 0.15) is 16.7 Å². The Hall–Kier alpha value is -2.29. The molecule has 0 bridgehead atoms. The van der Waals surface area contributed by atoms with E-state index in [4.69, 9.17) is 0 Å². The standard InChI is InChI=1S/C19H23N3/c1-16-3-7-18(8-4-16)15-20-22-13-11-21(12-14-22)19-9-5-17(2)6-10-19/h3-10,15H,11-14H2,1-2H3/b20-15-. The second-order valence-corrected chi connectivity index (χ2v) is 5.93. The van der Waals surface area contributed by atoms with Crippen molar-refractivity contribution in [1.29, 1.82) is 0 Å². The molecule has 0 atom stereocenters. The van der Waals surface area contributed by atoms with Gasteiger partial charge in [0.05, 0.1) is 19.3 Å². The van der Waals surface area contributed by atoms with Gasteiger partial charge in [0, 0.05) is 18.8 Å². The van der Waals surface area contributed by atoms with E-state index in [1.165, 1.54) is 16.8 Å². The number of anilines is 1. The zero-order valence-corrected chi connectivity index (χ0v) is 13.4. The molecule has 1 fully saturated rings. The van der Waals surface area contributed by atoms with Gasteiger partial charge in [-0.3, -0.25) is 5.01 Å². The third-order valence-corrected chi connectivity index (χ3v) is 4.10. The van der Waals surface area contributed by atoms with E-state index in [0.29, 0.717) is 0 Å². The van der Waals surface area contributed by atoms with Crippen molar-refractivity contribution in [3.8, 4) is 0 Å². The SMILES string of the molecule is Cc1ccc(/C=N\N2CCN(c3ccc(C)cc3)CC2)cc1. The summed E-state index contributed by atoms with van der Waals surface area (Å²) in [5.74, 6) is 0. The van der Waals surface area contributed by atoms with E-state index in [-0.39, 0.29) is 0 Å². The average Bonchev–Trinajstić information content (AvgIpc) is 2.56.